The van der Waals surface area contributed by atoms with Crippen molar-refractivity contribution >= 4 is 0 Å². The van der Waals surface area contributed by atoms with E-state index in [0.717, 1.165) is 38.1 Å². The highest BCUT2D eigenvalue weighted by atomic mass is 19.1. The summed E-state index contributed by atoms with van der Waals surface area (Å²) in [7, 11) is 0. The molecule has 1 aromatic rings. The molecule has 0 aromatic carbocycles. The Kier molecular flexibility index (Phi) is 5.14. The summed E-state index contributed by atoms with van der Waals surface area (Å²) in [5, 5.41) is 3.12. The predicted octanol–water partition coefficient (Wildman–Crippen LogP) is 3.29. The van der Waals surface area contributed by atoms with Crippen molar-refractivity contribution in [1.29, 1.82) is 0 Å². The third-order valence-electron chi connectivity index (χ3n) is 3.74. The SMILES string of the molecule is CCNCc1ccnc(OC2CCC(C)CC2)c1F. The van der Waals surface area contributed by atoms with E-state index >= 15 is 0 Å². The fourth-order valence-corrected chi connectivity index (χ4v) is 2.45. The Labute approximate surface area is 114 Å². The summed E-state index contributed by atoms with van der Waals surface area (Å²) in [6.45, 7) is 5.59. The molecule has 0 unspecified atom stereocenters. The van der Waals surface area contributed by atoms with Crippen LogP contribution in [0.4, 0.5) is 4.39 Å². The van der Waals surface area contributed by atoms with E-state index in [-0.39, 0.29) is 17.8 Å². The molecule has 0 aliphatic heterocycles. The van der Waals surface area contributed by atoms with Gasteiger partial charge in [-0.1, -0.05) is 13.8 Å². The van der Waals surface area contributed by atoms with Gasteiger partial charge in [-0.3, -0.25) is 0 Å². The zero-order valence-electron chi connectivity index (χ0n) is 11.8. The zero-order chi connectivity index (χ0) is 13.7. The Morgan fingerprint density at radius 2 is 2.11 bits per heavy atom. The van der Waals surface area contributed by atoms with Gasteiger partial charge in [-0.2, -0.15) is 0 Å². The average Bonchev–Trinajstić information content (AvgIpc) is 2.42. The van der Waals surface area contributed by atoms with Crippen LogP contribution in [-0.2, 0) is 6.54 Å². The lowest BCUT2D eigenvalue weighted by Crippen LogP contribution is -2.24. The second-order valence-electron chi connectivity index (χ2n) is 5.37. The summed E-state index contributed by atoms with van der Waals surface area (Å²) < 4.78 is 19.9. The van der Waals surface area contributed by atoms with Crippen molar-refractivity contribution in [2.45, 2.75) is 52.2 Å². The number of halogens is 1. The molecule has 2 rings (SSSR count). The molecule has 19 heavy (non-hydrogen) atoms. The number of hydrogen-bond donors (Lipinski definition) is 1. The second kappa shape index (κ2) is 6.85. The fraction of sp³-hybridized carbons (Fsp3) is 0.667. The van der Waals surface area contributed by atoms with E-state index in [4.69, 9.17) is 4.74 Å². The first-order valence-corrected chi connectivity index (χ1v) is 7.21. The highest BCUT2D eigenvalue weighted by Crippen LogP contribution is 2.28. The fourth-order valence-electron chi connectivity index (χ4n) is 2.45. The number of pyridine rings is 1. The summed E-state index contributed by atoms with van der Waals surface area (Å²) in [5.41, 5.74) is 0.621. The molecule has 0 saturated heterocycles. The van der Waals surface area contributed by atoms with Gasteiger partial charge < -0.3 is 10.1 Å². The highest BCUT2D eigenvalue weighted by Gasteiger charge is 2.21. The topological polar surface area (TPSA) is 34.2 Å². The minimum Gasteiger partial charge on any atom is -0.472 e. The average molecular weight is 266 g/mol. The Morgan fingerprint density at radius 3 is 2.79 bits per heavy atom. The second-order valence-corrected chi connectivity index (χ2v) is 5.37. The standard InChI is InChI=1S/C15H23FN2O/c1-3-17-10-12-8-9-18-15(14(12)16)19-13-6-4-11(2)5-7-13/h8-9,11,13,17H,3-7,10H2,1-2H3. The molecular weight excluding hydrogens is 243 g/mol. The highest BCUT2D eigenvalue weighted by molar-refractivity contribution is 5.23. The largest absolute Gasteiger partial charge is 0.472 e. The van der Waals surface area contributed by atoms with Crippen molar-refractivity contribution in [2.75, 3.05) is 6.54 Å². The Hall–Kier alpha value is -1.16. The summed E-state index contributed by atoms with van der Waals surface area (Å²) >= 11 is 0. The van der Waals surface area contributed by atoms with Gasteiger partial charge >= 0.3 is 0 Å². The molecule has 3 nitrogen and oxygen atoms in total. The van der Waals surface area contributed by atoms with Crippen LogP contribution >= 0.6 is 0 Å². The quantitative estimate of drug-likeness (QED) is 0.888. The first-order valence-electron chi connectivity index (χ1n) is 7.21. The van der Waals surface area contributed by atoms with Crippen molar-refractivity contribution in [2.24, 2.45) is 5.92 Å². The third kappa shape index (κ3) is 3.90. The molecule has 1 saturated carbocycles. The van der Waals surface area contributed by atoms with Gasteiger partial charge in [-0.15, -0.1) is 0 Å². The minimum atomic E-state index is -0.318. The molecule has 1 aromatic heterocycles. The van der Waals surface area contributed by atoms with Gasteiger partial charge in [-0.05, 0) is 44.2 Å². The molecule has 1 aliphatic carbocycles. The normalized spacial score (nSPS) is 23.3. The summed E-state index contributed by atoms with van der Waals surface area (Å²) in [6, 6.07) is 1.70. The third-order valence-corrected chi connectivity index (χ3v) is 3.74. The van der Waals surface area contributed by atoms with E-state index < -0.39 is 0 Å². The van der Waals surface area contributed by atoms with E-state index in [1.54, 1.807) is 12.3 Å². The van der Waals surface area contributed by atoms with Crippen molar-refractivity contribution in [3.05, 3.63) is 23.6 Å². The van der Waals surface area contributed by atoms with Crippen LogP contribution in [0.25, 0.3) is 0 Å². The van der Waals surface area contributed by atoms with Gasteiger partial charge in [0.05, 0.1) is 0 Å². The maximum atomic E-state index is 14.2. The molecule has 0 radical (unpaired) electrons. The number of rotatable bonds is 5. The van der Waals surface area contributed by atoms with Crippen LogP contribution in [-0.4, -0.2) is 17.6 Å². The molecule has 0 atom stereocenters. The number of nitrogens with zero attached hydrogens (tertiary/aromatic N) is 1. The number of aromatic nitrogens is 1. The molecule has 106 valence electrons. The molecule has 0 spiro atoms. The van der Waals surface area contributed by atoms with Crippen LogP contribution in [0, 0.1) is 11.7 Å². The monoisotopic (exact) mass is 266 g/mol. The first-order chi connectivity index (χ1) is 9.20. The van der Waals surface area contributed by atoms with Crippen LogP contribution < -0.4 is 10.1 Å². The molecule has 0 bridgehead atoms. The van der Waals surface area contributed by atoms with Gasteiger partial charge in [0.1, 0.15) is 6.10 Å². The lowest BCUT2D eigenvalue weighted by molar-refractivity contribution is 0.124. The lowest BCUT2D eigenvalue weighted by atomic mass is 9.89. The molecular formula is C15H23FN2O. The van der Waals surface area contributed by atoms with Gasteiger partial charge in [-0.25, -0.2) is 9.37 Å². The van der Waals surface area contributed by atoms with E-state index in [1.165, 1.54) is 0 Å². The molecule has 0 amide bonds. The van der Waals surface area contributed by atoms with Crippen molar-refractivity contribution in [3.63, 3.8) is 0 Å². The van der Waals surface area contributed by atoms with Crippen LogP contribution in [0.5, 0.6) is 5.88 Å². The summed E-state index contributed by atoms with van der Waals surface area (Å²) in [5.74, 6) is 0.606. The molecule has 1 fully saturated rings. The van der Waals surface area contributed by atoms with Crippen molar-refractivity contribution in [1.82, 2.24) is 10.3 Å². The van der Waals surface area contributed by atoms with Gasteiger partial charge in [0.25, 0.3) is 5.88 Å². The first kappa shape index (κ1) is 14.3. The Bertz CT molecular complexity index is 403. The van der Waals surface area contributed by atoms with Gasteiger partial charge in [0.15, 0.2) is 5.82 Å². The van der Waals surface area contributed by atoms with E-state index in [2.05, 4.69) is 17.2 Å². The number of hydrogen-bond acceptors (Lipinski definition) is 3. The summed E-state index contributed by atoms with van der Waals surface area (Å²) in [6.07, 6.45) is 6.05. The Morgan fingerprint density at radius 1 is 1.37 bits per heavy atom. The Balaban J connectivity index is 1.99. The van der Waals surface area contributed by atoms with Crippen molar-refractivity contribution in [3.8, 4) is 5.88 Å². The lowest BCUT2D eigenvalue weighted by Gasteiger charge is -2.26. The van der Waals surface area contributed by atoms with Gasteiger partial charge in [0, 0.05) is 18.3 Å². The zero-order valence-corrected chi connectivity index (χ0v) is 11.8. The van der Waals surface area contributed by atoms with E-state index in [9.17, 15) is 4.39 Å². The number of nitrogens with one attached hydrogen (secondary N) is 1. The van der Waals surface area contributed by atoms with Crippen LogP contribution in [0.2, 0.25) is 0 Å². The van der Waals surface area contributed by atoms with E-state index in [1.807, 2.05) is 6.92 Å². The maximum absolute atomic E-state index is 14.2. The predicted molar refractivity (Wildman–Crippen MR) is 73.6 cm³/mol. The molecule has 1 heterocycles. The summed E-state index contributed by atoms with van der Waals surface area (Å²) in [4.78, 5) is 4.04. The minimum absolute atomic E-state index is 0.118. The molecule has 1 N–H and O–H groups in total. The van der Waals surface area contributed by atoms with E-state index in [0.29, 0.717) is 12.1 Å². The van der Waals surface area contributed by atoms with Crippen LogP contribution in [0.3, 0.4) is 0 Å². The number of ether oxygens (including phenoxy) is 1. The molecule has 1 aliphatic rings. The van der Waals surface area contributed by atoms with Crippen molar-refractivity contribution < 1.29 is 9.13 Å². The van der Waals surface area contributed by atoms with Crippen LogP contribution in [0.1, 0.15) is 45.1 Å². The maximum Gasteiger partial charge on any atom is 0.250 e. The molecule has 4 heteroatoms. The smallest absolute Gasteiger partial charge is 0.250 e. The van der Waals surface area contributed by atoms with Gasteiger partial charge in [0.2, 0.25) is 0 Å². The van der Waals surface area contributed by atoms with Crippen LogP contribution in [0.15, 0.2) is 12.3 Å².